The number of amides is 1. The van der Waals surface area contributed by atoms with Crippen molar-refractivity contribution in [2.45, 2.75) is 43.5 Å². The highest BCUT2D eigenvalue weighted by atomic mass is 32.2. The number of halogens is 1. The van der Waals surface area contributed by atoms with Crippen molar-refractivity contribution in [2.24, 2.45) is 11.8 Å². The number of rotatable bonds is 11. The molecule has 3 aromatic rings. The van der Waals surface area contributed by atoms with Crippen molar-refractivity contribution in [2.75, 3.05) is 18.9 Å². The molecule has 7 nitrogen and oxygen atoms in total. The van der Waals surface area contributed by atoms with Crippen molar-refractivity contribution < 1.29 is 27.1 Å². The minimum absolute atomic E-state index is 0.0474. The molecule has 0 saturated carbocycles. The summed E-state index contributed by atoms with van der Waals surface area (Å²) in [6.45, 7) is 5.91. The third-order valence-corrected chi connectivity index (χ3v) is 10.5. The maximum absolute atomic E-state index is 13.6. The fourth-order valence-corrected chi connectivity index (χ4v) is 7.52. The Bertz CT molecular complexity index is 1430. The largest absolute Gasteiger partial charge is 0.465 e. The molecule has 0 bridgehead atoms. The standard InChI is InChI=1S/C31H35FN2O5S2/c1-21(2)22(3)31(36)39-19-17-28(25-9-13-26(32)14-10-25)33-29(35)30-34(18-20-40-30)41(37,38)27-15-11-24(12-16-27)23-7-5-4-6-8-23/h4-16,21-22,28,30H,17-20H2,1-3H3,(H,33,35)/t22-,28-,30-/m0/s1. The van der Waals surface area contributed by atoms with Crippen LogP contribution in [0.4, 0.5) is 4.39 Å². The number of sulfonamides is 1. The van der Waals surface area contributed by atoms with E-state index in [0.29, 0.717) is 11.3 Å². The zero-order valence-corrected chi connectivity index (χ0v) is 25.0. The van der Waals surface area contributed by atoms with Crippen LogP contribution in [0.3, 0.4) is 0 Å². The normalized spacial score (nSPS) is 17.2. The fourth-order valence-electron chi connectivity index (χ4n) is 4.43. The van der Waals surface area contributed by atoms with Crippen LogP contribution in [0, 0.1) is 17.7 Å². The first-order chi connectivity index (χ1) is 19.6. The number of carbonyl (C=O) groups excluding carboxylic acids is 2. The molecule has 0 aliphatic carbocycles. The van der Waals surface area contributed by atoms with Gasteiger partial charge >= 0.3 is 5.97 Å². The first-order valence-electron chi connectivity index (χ1n) is 13.6. The van der Waals surface area contributed by atoms with E-state index in [-0.39, 0.29) is 42.3 Å². The molecule has 3 atom stereocenters. The summed E-state index contributed by atoms with van der Waals surface area (Å²) in [5.41, 5.74) is 2.49. The van der Waals surface area contributed by atoms with E-state index >= 15 is 0 Å². The van der Waals surface area contributed by atoms with E-state index in [1.807, 2.05) is 44.2 Å². The maximum atomic E-state index is 13.6. The predicted molar refractivity (Wildman–Crippen MR) is 159 cm³/mol. The lowest BCUT2D eigenvalue weighted by molar-refractivity contribution is -0.149. The lowest BCUT2D eigenvalue weighted by Crippen LogP contribution is -2.45. The number of hydrogen-bond acceptors (Lipinski definition) is 6. The van der Waals surface area contributed by atoms with Gasteiger partial charge in [0.05, 0.1) is 23.5 Å². The van der Waals surface area contributed by atoms with Crippen LogP contribution >= 0.6 is 11.8 Å². The van der Waals surface area contributed by atoms with Crippen LogP contribution in [0.2, 0.25) is 0 Å². The zero-order valence-electron chi connectivity index (χ0n) is 23.3. The molecule has 218 valence electrons. The minimum atomic E-state index is -3.95. The van der Waals surface area contributed by atoms with Gasteiger partial charge in [0, 0.05) is 18.7 Å². The Balaban J connectivity index is 1.48. The highest BCUT2D eigenvalue weighted by Gasteiger charge is 2.40. The molecule has 1 amide bonds. The summed E-state index contributed by atoms with van der Waals surface area (Å²) < 4.78 is 47.5. The smallest absolute Gasteiger partial charge is 0.308 e. The average Bonchev–Trinajstić information content (AvgIpc) is 3.48. The Morgan fingerprint density at radius 1 is 0.976 bits per heavy atom. The summed E-state index contributed by atoms with van der Waals surface area (Å²) in [4.78, 5) is 25.9. The first-order valence-corrected chi connectivity index (χ1v) is 16.1. The van der Waals surface area contributed by atoms with E-state index < -0.39 is 33.2 Å². The highest BCUT2D eigenvalue weighted by molar-refractivity contribution is 8.02. The quantitative estimate of drug-likeness (QED) is 0.287. The number of carbonyl (C=O) groups is 2. The summed E-state index contributed by atoms with van der Waals surface area (Å²) >= 11 is 1.24. The Hall–Kier alpha value is -3.21. The molecule has 41 heavy (non-hydrogen) atoms. The summed E-state index contributed by atoms with van der Waals surface area (Å²) in [6, 6.07) is 21.4. The Morgan fingerprint density at radius 3 is 2.24 bits per heavy atom. The van der Waals surface area contributed by atoms with E-state index in [9.17, 15) is 22.4 Å². The van der Waals surface area contributed by atoms with Gasteiger partial charge in [0.25, 0.3) is 0 Å². The van der Waals surface area contributed by atoms with Gasteiger partial charge in [-0.3, -0.25) is 9.59 Å². The van der Waals surface area contributed by atoms with Gasteiger partial charge in [-0.1, -0.05) is 75.4 Å². The lowest BCUT2D eigenvalue weighted by atomic mass is 9.98. The molecule has 10 heteroatoms. The molecular formula is C31H35FN2O5S2. The van der Waals surface area contributed by atoms with Gasteiger partial charge in [0.1, 0.15) is 11.2 Å². The monoisotopic (exact) mass is 598 g/mol. The number of esters is 1. The van der Waals surface area contributed by atoms with Crippen LogP contribution in [0.1, 0.15) is 38.8 Å². The van der Waals surface area contributed by atoms with Crippen molar-refractivity contribution in [1.82, 2.24) is 9.62 Å². The van der Waals surface area contributed by atoms with Gasteiger partial charge < -0.3 is 10.1 Å². The molecule has 3 aromatic carbocycles. The van der Waals surface area contributed by atoms with E-state index in [1.54, 1.807) is 43.3 Å². The Labute approximate surface area is 245 Å². The number of thioether (sulfide) groups is 1. The van der Waals surface area contributed by atoms with Crippen LogP contribution in [0.5, 0.6) is 0 Å². The molecule has 0 aromatic heterocycles. The van der Waals surface area contributed by atoms with Crippen LogP contribution in [0.25, 0.3) is 11.1 Å². The van der Waals surface area contributed by atoms with E-state index in [2.05, 4.69) is 5.32 Å². The molecule has 4 rings (SSSR count). The van der Waals surface area contributed by atoms with Gasteiger partial charge in [-0.2, -0.15) is 4.31 Å². The summed E-state index contributed by atoms with van der Waals surface area (Å²) in [7, 11) is -3.95. The van der Waals surface area contributed by atoms with Crippen LogP contribution in [-0.2, 0) is 24.3 Å². The molecule has 0 unspecified atom stereocenters. The van der Waals surface area contributed by atoms with Crippen molar-refractivity contribution in [3.8, 4) is 11.1 Å². The van der Waals surface area contributed by atoms with Gasteiger partial charge in [0.2, 0.25) is 15.9 Å². The predicted octanol–water partition coefficient (Wildman–Crippen LogP) is 5.64. The molecule has 1 fully saturated rings. The molecule has 0 radical (unpaired) electrons. The molecular weight excluding hydrogens is 563 g/mol. The molecule has 1 heterocycles. The zero-order chi connectivity index (χ0) is 29.6. The molecule has 0 spiro atoms. The van der Waals surface area contributed by atoms with Crippen molar-refractivity contribution in [3.05, 3.63) is 90.2 Å². The molecule has 1 N–H and O–H groups in total. The maximum Gasteiger partial charge on any atom is 0.308 e. The van der Waals surface area contributed by atoms with Crippen molar-refractivity contribution in [1.29, 1.82) is 0 Å². The third kappa shape index (κ3) is 7.55. The second kappa shape index (κ2) is 13.6. The third-order valence-electron chi connectivity index (χ3n) is 7.25. The van der Waals surface area contributed by atoms with Crippen LogP contribution in [0.15, 0.2) is 83.8 Å². The van der Waals surface area contributed by atoms with Gasteiger partial charge in [0.15, 0.2) is 0 Å². The highest BCUT2D eigenvalue weighted by Crippen LogP contribution is 2.32. The summed E-state index contributed by atoms with van der Waals surface area (Å²) in [5.74, 6) is -0.913. The molecule has 1 aliphatic heterocycles. The fraction of sp³-hybridized carbons (Fsp3) is 0.355. The summed E-state index contributed by atoms with van der Waals surface area (Å²) in [6.07, 6.45) is 0.249. The van der Waals surface area contributed by atoms with E-state index in [1.165, 1.54) is 28.2 Å². The molecule has 1 saturated heterocycles. The van der Waals surface area contributed by atoms with E-state index in [0.717, 1.165) is 11.1 Å². The van der Waals surface area contributed by atoms with E-state index in [4.69, 9.17) is 4.74 Å². The topological polar surface area (TPSA) is 92.8 Å². The average molecular weight is 599 g/mol. The second-order valence-electron chi connectivity index (χ2n) is 10.3. The number of ether oxygens (including phenoxy) is 1. The second-order valence-corrected chi connectivity index (χ2v) is 13.4. The van der Waals surface area contributed by atoms with Crippen molar-refractivity contribution >= 4 is 33.7 Å². The number of nitrogens with one attached hydrogen (secondary N) is 1. The van der Waals surface area contributed by atoms with Crippen LogP contribution in [-0.4, -0.2) is 48.9 Å². The van der Waals surface area contributed by atoms with Crippen molar-refractivity contribution in [3.63, 3.8) is 0 Å². The molecule has 1 aliphatic rings. The Kier molecular flexibility index (Phi) is 10.2. The van der Waals surface area contributed by atoms with Gasteiger partial charge in [-0.15, -0.1) is 11.8 Å². The van der Waals surface area contributed by atoms with Gasteiger partial charge in [-0.05, 0) is 46.9 Å². The lowest BCUT2D eigenvalue weighted by Gasteiger charge is -2.26. The number of hydrogen-bond donors (Lipinski definition) is 1. The summed E-state index contributed by atoms with van der Waals surface area (Å²) in [5, 5.41) is 1.95. The first kappa shape index (κ1) is 30.7. The van der Waals surface area contributed by atoms with Gasteiger partial charge in [-0.25, -0.2) is 12.8 Å². The SMILES string of the molecule is CC(C)[C@H](C)C(=O)OCC[C@H](NC(=O)[C@@H]1SCCN1S(=O)(=O)c1ccc(-c2ccccc2)cc1)c1ccc(F)cc1. The van der Waals surface area contributed by atoms with Crippen LogP contribution < -0.4 is 5.32 Å². The number of benzene rings is 3. The Morgan fingerprint density at radius 2 is 1.61 bits per heavy atom. The minimum Gasteiger partial charge on any atom is -0.465 e. The number of nitrogens with zero attached hydrogens (tertiary/aromatic N) is 1.